The van der Waals surface area contributed by atoms with Crippen molar-refractivity contribution in [2.24, 2.45) is 15.6 Å². The van der Waals surface area contributed by atoms with E-state index >= 15 is 0 Å². The zero-order valence-electron chi connectivity index (χ0n) is 19.1. The minimum Gasteiger partial charge on any atom is -0.369 e. The minimum absolute atomic E-state index is 0.0406. The molecule has 0 radical (unpaired) electrons. The number of azo groups is 1. The summed E-state index contributed by atoms with van der Waals surface area (Å²) in [5.41, 5.74) is 5.04. The highest BCUT2D eigenvalue weighted by atomic mass is 16.1. The van der Waals surface area contributed by atoms with Gasteiger partial charge >= 0.3 is 0 Å². The Morgan fingerprint density at radius 3 is 2.68 bits per heavy atom. The second kappa shape index (κ2) is 7.30. The Bertz CT molecular complexity index is 999. The van der Waals surface area contributed by atoms with Crippen LogP contribution in [0.2, 0.25) is 0 Å². The first kappa shape index (κ1) is 20.4. The molecular formula is C25H33N5O. The molecule has 0 saturated carbocycles. The van der Waals surface area contributed by atoms with Gasteiger partial charge in [0, 0.05) is 55.1 Å². The van der Waals surface area contributed by atoms with Crippen molar-refractivity contribution in [3.63, 3.8) is 0 Å². The van der Waals surface area contributed by atoms with Crippen molar-refractivity contribution in [1.82, 2.24) is 10.2 Å². The number of fused-ring (bicyclic) bond motifs is 1. The number of nitrogens with zero attached hydrogens (tertiary/aromatic N) is 4. The van der Waals surface area contributed by atoms with Gasteiger partial charge in [0.05, 0.1) is 11.6 Å². The molecule has 0 spiro atoms. The lowest BCUT2D eigenvalue weighted by Crippen LogP contribution is -2.51. The molecule has 6 nitrogen and oxygen atoms in total. The maximum Gasteiger partial charge on any atom is 0.164 e. The number of carbonyl (C=O) groups excluding carboxylic acids is 1. The van der Waals surface area contributed by atoms with Crippen LogP contribution >= 0.6 is 0 Å². The number of allylic oxidation sites excluding steroid dienone is 2. The molecule has 0 aromatic heterocycles. The molecule has 6 heteroatoms. The van der Waals surface area contributed by atoms with Crippen molar-refractivity contribution in [3.8, 4) is 0 Å². The van der Waals surface area contributed by atoms with Gasteiger partial charge in [0.25, 0.3) is 0 Å². The van der Waals surface area contributed by atoms with E-state index in [2.05, 4.69) is 77.4 Å². The first-order valence-electron chi connectivity index (χ1n) is 11.5. The van der Waals surface area contributed by atoms with Crippen LogP contribution in [0.5, 0.6) is 0 Å². The zero-order chi connectivity index (χ0) is 21.8. The lowest BCUT2D eigenvalue weighted by Gasteiger charge is -2.48. The van der Waals surface area contributed by atoms with Crippen molar-refractivity contribution in [1.29, 1.82) is 0 Å². The molecule has 0 bridgehead atoms. The van der Waals surface area contributed by atoms with Crippen molar-refractivity contribution in [2.75, 3.05) is 38.1 Å². The molecule has 31 heavy (non-hydrogen) atoms. The van der Waals surface area contributed by atoms with Crippen LogP contribution in [0.15, 0.2) is 57.5 Å². The summed E-state index contributed by atoms with van der Waals surface area (Å²) in [5, 5.41) is 12.3. The van der Waals surface area contributed by atoms with Crippen LogP contribution in [0.1, 0.15) is 45.6 Å². The van der Waals surface area contributed by atoms with Gasteiger partial charge in [-0.2, -0.15) is 10.2 Å². The lowest BCUT2D eigenvalue weighted by molar-refractivity contribution is -0.119. The SMILES string of the molecule is CCC1(c2cccc(N3CCN(C)CC3)c2)C2=CN=NC2NC2=C1C(=O)CC(C)(C)C2. The number of hydrogen-bond donors (Lipinski definition) is 1. The van der Waals surface area contributed by atoms with Gasteiger partial charge in [-0.1, -0.05) is 32.9 Å². The van der Waals surface area contributed by atoms with Crippen LogP contribution in [0.25, 0.3) is 0 Å². The van der Waals surface area contributed by atoms with E-state index in [1.807, 2.05) is 6.20 Å². The first-order valence-corrected chi connectivity index (χ1v) is 11.5. The molecule has 164 valence electrons. The second-order valence-electron chi connectivity index (χ2n) is 10.3. The van der Waals surface area contributed by atoms with Gasteiger partial charge in [0.15, 0.2) is 11.9 Å². The number of Topliss-reactive ketones (excluding diaryl/α,β-unsaturated/α-hetero) is 1. The molecule has 1 aromatic rings. The van der Waals surface area contributed by atoms with Crippen LogP contribution in [0.4, 0.5) is 5.69 Å². The summed E-state index contributed by atoms with van der Waals surface area (Å²) in [6, 6.07) is 8.87. The number of hydrogen-bond acceptors (Lipinski definition) is 6. The molecule has 2 atom stereocenters. The Labute approximate surface area is 185 Å². The maximum absolute atomic E-state index is 13.6. The third-order valence-corrected chi connectivity index (χ3v) is 7.52. The Balaban J connectivity index is 1.64. The van der Waals surface area contributed by atoms with Crippen molar-refractivity contribution in [3.05, 3.63) is 52.9 Å². The highest BCUT2D eigenvalue weighted by Crippen LogP contribution is 2.54. The van der Waals surface area contributed by atoms with Gasteiger partial charge in [0.2, 0.25) is 0 Å². The van der Waals surface area contributed by atoms with Crippen LogP contribution in [0.3, 0.4) is 0 Å². The lowest BCUT2D eigenvalue weighted by atomic mass is 9.59. The quantitative estimate of drug-likeness (QED) is 0.804. The number of anilines is 1. The Morgan fingerprint density at radius 1 is 1.16 bits per heavy atom. The summed E-state index contributed by atoms with van der Waals surface area (Å²) in [5.74, 6) is 0.261. The van der Waals surface area contributed by atoms with E-state index in [1.165, 1.54) is 11.3 Å². The molecule has 0 amide bonds. The highest BCUT2D eigenvalue weighted by Gasteiger charge is 2.53. The van der Waals surface area contributed by atoms with Crippen LogP contribution in [-0.4, -0.2) is 50.1 Å². The zero-order valence-corrected chi connectivity index (χ0v) is 19.1. The summed E-state index contributed by atoms with van der Waals surface area (Å²) in [6.45, 7) is 10.7. The summed E-state index contributed by atoms with van der Waals surface area (Å²) >= 11 is 0. The average molecular weight is 420 g/mol. The van der Waals surface area contributed by atoms with Gasteiger partial charge in [-0.05, 0) is 43.0 Å². The largest absolute Gasteiger partial charge is 0.369 e. The molecule has 3 heterocycles. The number of likely N-dealkylation sites (N-methyl/N-ethyl adjacent to an activating group) is 1. The monoisotopic (exact) mass is 419 g/mol. The van der Waals surface area contributed by atoms with E-state index in [-0.39, 0.29) is 17.4 Å². The molecule has 4 aliphatic rings. The van der Waals surface area contributed by atoms with E-state index in [0.717, 1.165) is 55.9 Å². The van der Waals surface area contributed by atoms with Crippen LogP contribution in [-0.2, 0) is 10.2 Å². The fraction of sp³-hybridized carbons (Fsp3) is 0.560. The standard InChI is InChI=1S/C25H33N5O/c1-5-25(17-7-6-8-18(13-17)30-11-9-29(4)10-12-30)19-16-26-28-23(19)27-20-14-24(2,3)15-21(31)22(20)25/h6-8,13,16,23,27H,5,9-12,14-15H2,1-4H3. The third-order valence-electron chi connectivity index (χ3n) is 7.52. The molecule has 1 aromatic carbocycles. The molecule has 1 fully saturated rings. The maximum atomic E-state index is 13.6. The van der Waals surface area contributed by atoms with E-state index in [1.54, 1.807) is 0 Å². The summed E-state index contributed by atoms with van der Waals surface area (Å²) in [4.78, 5) is 18.4. The molecule has 2 unspecified atom stereocenters. The van der Waals surface area contributed by atoms with E-state index in [9.17, 15) is 4.79 Å². The van der Waals surface area contributed by atoms with Gasteiger partial charge in [-0.25, -0.2) is 0 Å². The Morgan fingerprint density at radius 2 is 1.94 bits per heavy atom. The van der Waals surface area contributed by atoms with Crippen molar-refractivity contribution in [2.45, 2.75) is 51.6 Å². The Kier molecular flexibility index (Phi) is 4.81. The fourth-order valence-corrected chi connectivity index (χ4v) is 5.92. The number of rotatable bonds is 3. The predicted molar refractivity (Wildman–Crippen MR) is 123 cm³/mol. The van der Waals surface area contributed by atoms with Crippen LogP contribution < -0.4 is 10.2 Å². The topological polar surface area (TPSA) is 60.3 Å². The average Bonchev–Trinajstić information content (AvgIpc) is 3.20. The number of nitrogens with one attached hydrogen (secondary N) is 1. The molecule has 1 aliphatic carbocycles. The minimum atomic E-state index is -0.467. The summed E-state index contributed by atoms with van der Waals surface area (Å²) < 4.78 is 0. The molecule has 3 aliphatic heterocycles. The van der Waals surface area contributed by atoms with Gasteiger partial charge in [-0.3, -0.25) is 4.79 Å². The first-order chi connectivity index (χ1) is 14.8. The molecular weight excluding hydrogens is 386 g/mol. The smallest absolute Gasteiger partial charge is 0.164 e. The summed E-state index contributed by atoms with van der Waals surface area (Å²) in [6.07, 6.45) is 3.99. The van der Waals surface area contributed by atoms with Gasteiger partial charge in [0.1, 0.15) is 0 Å². The van der Waals surface area contributed by atoms with Gasteiger partial charge < -0.3 is 15.1 Å². The van der Waals surface area contributed by atoms with E-state index < -0.39 is 5.41 Å². The second-order valence-corrected chi connectivity index (χ2v) is 10.3. The van der Waals surface area contributed by atoms with Crippen molar-refractivity contribution < 1.29 is 4.79 Å². The van der Waals surface area contributed by atoms with E-state index in [0.29, 0.717) is 6.42 Å². The number of ketones is 1. The third kappa shape index (κ3) is 3.23. The Hall–Kier alpha value is -2.47. The molecule has 1 saturated heterocycles. The fourth-order valence-electron chi connectivity index (χ4n) is 5.92. The van der Waals surface area contributed by atoms with Crippen LogP contribution in [0, 0.1) is 5.41 Å². The van der Waals surface area contributed by atoms with E-state index in [4.69, 9.17) is 0 Å². The molecule has 1 N–H and O–H groups in total. The van der Waals surface area contributed by atoms with Crippen molar-refractivity contribution >= 4 is 11.5 Å². The predicted octanol–water partition coefficient (Wildman–Crippen LogP) is 4.01. The summed E-state index contributed by atoms with van der Waals surface area (Å²) in [7, 11) is 2.18. The number of carbonyl (C=O) groups is 1. The number of piperazine rings is 1. The number of benzene rings is 1. The molecule has 5 rings (SSSR count). The van der Waals surface area contributed by atoms with Gasteiger partial charge in [-0.15, -0.1) is 0 Å². The normalized spacial score (nSPS) is 30.1. The highest BCUT2D eigenvalue weighted by molar-refractivity contribution is 6.01.